The SMILES string of the molecule is COc1ccccc1Nc1ncccc1C(=O)Nc1cccc(CN2CCCC2=O)c1. The van der Waals surface area contributed by atoms with Gasteiger partial charge in [0.25, 0.3) is 5.91 Å². The van der Waals surface area contributed by atoms with Gasteiger partial charge >= 0.3 is 0 Å². The van der Waals surface area contributed by atoms with Crippen LogP contribution in [-0.2, 0) is 11.3 Å². The molecule has 0 aliphatic carbocycles. The van der Waals surface area contributed by atoms with Crippen molar-refractivity contribution in [3.8, 4) is 5.75 Å². The fraction of sp³-hybridized carbons (Fsp3) is 0.208. The van der Waals surface area contributed by atoms with Crippen molar-refractivity contribution in [1.29, 1.82) is 0 Å². The van der Waals surface area contributed by atoms with Gasteiger partial charge in [0.1, 0.15) is 11.6 Å². The van der Waals surface area contributed by atoms with E-state index < -0.39 is 0 Å². The van der Waals surface area contributed by atoms with Gasteiger partial charge in [-0.1, -0.05) is 24.3 Å². The van der Waals surface area contributed by atoms with Crippen LogP contribution in [0.3, 0.4) is 0 Å². The number of nitrogens with zero attached hydrogens (tertiary/aromatic N) is 2. The van der Waals surface area contributed by atoms with E-state index in [1.54, 1.807) is 25.4 Å². The van der Waals surface area contributed by atoms with Crippen molar-refractivity contribution in [2.45, 2.75) is 19.4 Å². The van der Waals surface area contributed by atoms with Gasteiger partial charge in [0.2, 0.25) is 5.91 Å². The van der Waals surface area contributed by atoms with Crippen LogP contribution < -0.4 is 15.4 Å². The lowest BCUT2D eigenvalue weighted by atomic mass is 10.1. The smallest absolute Gasteiger partial charge is 0.259 e. The van der Waals surface area contributed by atoms with Crippen LogP contribution in [0.4, 0.5) is 17.2 Å². The lowest BCUT2D eigenvalue weighted by Crippen LogP contribution is -2.23. The second-order valence-corrected chi connectivity index (χ2v) is 7.30. The molecule has 31 heavy (non-hydrogen) atoms. The summed E-state index contributed by atoms with van der Waals surface area (Å²) in [7, 11) is 1.59. The number of amides is 2. The highest BCUT2D eigenvalue weighted by molar-refractivity contribution is 6.07. The molecule has 0 unspecified atom stereocenters. The maximum atomic E-state index is 13.0. The molecule has 2 aromatic carbocycles. The molecule has 1 aliphatic heterocycles. The number of nitrogens with one attached hydrogen (secondary N) is 2. The number of likely N-dealkylation sites (tertiary alicyclic amines) is 1. The standard InChI is InChI=1S/C24H24N4O3/c1-31-21-11-3-2-10-20(21)27-23-19(9-5-13-25-23)24(30)26-18-8-4-7-17(15-18)16-28-14-6-12-22(28)29/h2-5,7-11,13,15H,6,12,14,16H2,1H3,(H,25,27)(H,26,30). The third kappa shape index (κ3) is 4.83. The minimum atomic E-state index is -0.278. The normalized spacial score (nSPS) is 13.2. The number of methoxy groups -OCH3 is 1. The Morgan fingerprint density at radius 2 is 2.00 bits per heavy atom. The van der Waals surface area contributed by atoms with Crippen molar-refractivity contribution in [3.05, 3.63) is 78.0 Å². The van der Waals surface area contributed by atoms with E-state index in [1.807, 2.05) is 53.4 Å². The predicted octanol–water partition coefficient (Wildman–Crippen LogP) is 4.21. The number of hydrogen-bond acceptors (Lipinski definition) is 5. The third-order valence-electron chi connectivity index (χ3n) is 5.14. The summed E-state index contributed by atoms with van der Waals surface area (Å²) in [5.41, 5.74) is 2.77. The molecule has 0 spiro atoms. The minimum Gasteiger partial charge on any atom is -0.495 e. The highest BCUT2D eigenvalue weighted by atomic mass is 16.5. The van der Waals surface area contributed by atoms with Crippen LogP contribution in [0.2, 0.25) is 0 Å². The number of ether oxygens (including phenoxy) is 1. The van der Waals surface area contributed by atoms with Crippen LogP contribution in [0.5, 0.6) is 5.75 Å². The highest BCUT2D eigenvalue weighted by Gasteiger charge is 2.20. The topological polar surface area (TPSA) is 83.6 Å². The maximum absolute atomic E-state index is 13.0. The van der Waals surface area contributed by atoms with Crippen molar-refractivity contribution in [1.82, 2.24) is 9.88 Å². The number of rotatable bonds is 7. The van der Waals surface area contributed by atoms with Crippen molar-refractivity contribution in [2.24, 2.45) is 0 Å². The molecule has 7 heteroatoms. The first-order valence-electron chi connectivity index (χ1n) is 10.2. The number of anilines is 3. The van der Waals surface area contributed by atoms with Crippen LogP contribution in [0.25, 0.3) is 0 Å². The van der Waals surface area contributed by atoms with Crippen molar-refractivity contribution < 1.29 is 14.3 Å². The van der Waals surface area contributed by atoms with Crippen LogP contribution in [-0.4, -0.2) is 35.4 Å². The molecule has 1 saturated heterocycles. The van der Waals surface area contributed by atoms with E-state index in [0.29, 0.717) is 35.8 Å². The number of carbonyl (C=O) groups is 2. The van der Waals surface area contributed by atoms with Crippen LogP contribution in [0.15, 0.2) is 66.9 Å². The molecule has 4 rings (SSSR count). The Bertz CT molecular complexity index is 1100. The number of para-hydroxylation sites is 2. The second-order valence-electron chi connectivity index (χ2n) is 7.30. The van der Waals surface area contributed by atoms with Crippen LogP contribution >= 0.6 is 0 Å². The monoisotopic (exact) mass is 416 g/mol. The van der Waals surface area contributed by atoms with E-state index >= 15 is 0 Å². The average Bonchev–Trinajstić information content (AvgIpc) is 3.19. The molecule has 0 radical (unpaired) electrons. The van der Waals surface area contributed by atoms with Gasteiger partial charge in [-0.05, 0) is 48.4 Å². The zero-order valence-electron chi connectivity index (χ0n) is 17.3. The minimum absolute atomic E-state index is 0.178. The fourth-order valence-corrected chi connectivity index (χ4v) is 3.60. The molecule has 1 aliphatic rings. The van der Waals surface area contributed by atoms with Crippen molar-refractivity contribution >= 4 is 29.0 Å². The van der Waals surface area contributed by atoms with Gasteiger partial charge < -0.3 is 20.3 Å². The van der Waals surface area contributed by atoms with Gasteiger partial charge in [0, 0.05) is 31.4 Å². The molecule has 1 aromatic heterocycles. The lowest BCUT2D eigenvalue weighted by molar-refractivity contribution is -0.128. The number of aromatic nitrogens is 1. The second kappa shape index (κ2) is 9.30. The largest absolute Gasteiger partial charge is 0.495 e. The summed E-state index contributed by atoms with van der Waals surface area (Å²) in [6.45, 7) is 1.33. The van der Waals surface area contributed by atoms with Crippen LogP contribution in [0, 0.1) is 0 Å². The van der Waals surface area contributed by atoms with E-state index in [-0.39, 0.29) is 11.8 Å². The van der Waals surface area contributed by atoms with Gasteiger partial charge in [-0.3, -0.25) is 9.59 Å². The van der Waals surface area contributed by atoms with E-state index in [0.717, 1.165) is 24.2 Å². The molecule has 0 saturated carbocycles. The van der Waals surface area contributed by atoms with Gasteiger partial charge in [0.05, 0.1) is 18.4 Å². The van der Waals surface area contributed by atoms with E-state index in [2.05, 4.69) is 15.6 Å². The highest BCUT2D eigenvalue weighted by Crippen LogP contribution is 2.28. The molecule has 0 bridgehead atoms. The zero-order valence-corrected chi connectivity index (χ0v) is 17.3. The van der Waals surface area contributed by atoms with Crippen molar-refractivity contribution in [2.75, 3.05) is 24.3 Å². The Kier molecular flexibility index (Phi) is 6.12. The number of carbonyl (C=O) groups excluding carboxylic acids is 2. The predicted molar refractivity (Wildman–Crippen MR) is 120 cm³/mol. The molecule has 7 nitrogen and oxygen atoms in total. The Hall–Kier alpha value is -3.87. The fourth-order valence-electron chi connectivity index (χ4n) is 3.60. The Morgan fingerprint density at radius 3 is 2.81 bits per heavy atom. The Morgan fingerprint density at radius 1 is 1.13 bits per heavy atom. The van der Waals surface area contributed by atoms with Gasteiger partial charge in [-0.25, -0.2) is 4.98 Å². The van der Waals surface area contributed by atoms with E-state index in [9.17, 15) is 9.59 Å². The van der Waals surface area contributed by atoms with Crippen LogP contribution in [0.1, 0.15) is 28.8 Å². The van der Waals surface area contributed by atoms with Gasteiger partial charge in [-0.15, -0.1) is 0 Å². The summed E-state index contributed by atoms with van der Waals surface area (Å²) in [6.07, 6.45) is 3.14. The Labute approximate surface area is 181 Å². The molecule has 1 fully saturated rings. The quantitative estimate of drug-likeness (QED) is 0.603. The first kappa shape index (κ1) is 20.4. The molecule has 2 heterocycles. The van der Waals surface area contributed by atoms with Gasteiger partial charge in [-0.2, -0.15) is 0 Å². The summed E-state index contributed by atoms with van der Waals surface area (Å²) in [5.74, 6) is 0.990. The molecule has 158 valence electrons. The van der Waals surface area contributed by atoms with Gasteiger partial charge in [0.15, 0.2) is 0 Å². The molecule has 0 atom stereocenters. The average molecular weight is 416 g/mol. The summed E-state index contributed by atoms with van der Waals surface area (Å²) < 4.78 is 5.37. The first-order chi connectivity index (χ1) is 15.1. The first-order valence-corrected chi connectivity index (χ1v) is 10.2. The molecular formula is C24H24N4O3. The summed E-state index contributed by atoms with van der Waals surface area (Å²) in [5, 5.41) is 6.12. The summed E-state index contributed by atoms with van der Waals surface area (Å²) in [6, 6.07) is 18.4. The molecular weight excluding hydrogens is 392 g/mol. The number of pyridine rings is 1. The molecule has 3 aromatic rings. The van der Waals surface area contributed by atoms with Crippen molar-refractivity contribution in [3.63, 3.8) is 0 Å². The Balaban J connectivity index is 1.50. The summed E-state index contributed by atoms with van der Waals surface area (Å²) in [4.78, 5) is 31.1. The maximum Gasteiger partial charge on any atom is 0.259 e. The molecule has 2 N–H and O–H groups in total. The number of benzene rings is 2. The number of hydrogen-bond donors (Lipinski definition) is 2. The van der Waals surface area contributed by atoms with E-state index in [4.69, 9.17) is 4.74 Å². The molecule has 2 amide bonds. The zero-order chi connectivity index (χ0) is 21.6. The lowest BCUT2D eigenvalue weighted by Gasteiger charge is -2.16. The third-order valence-corrected chi connectivity index (χ3v) is 5.14. The van der Waals surface area contributed by atoms with E-state index in [1.165, 1.54) is 0 Å². The summed E-state index contributed by atoms with van der Waals surface area (Å²) >= 11 is 0.